The molecule has 0 aromatic carbocycles. The molecule has 0 heterocycles. The molecule has 90 valence electrons. The third kappa shape index (κ3) is 11.2. The molecule has 0 fully saturated rings. The van der Waals surface area contributed by atoms with E-state index in [0.29, 0.717) is 6.61 Å². The van der Waals surface area contributed by atoms with E-state index in [9.17, 15) is 4.79 Å². The average molecular weight is 215 g/mol. The molecule has 0 aromatic heterocycles. The largest absolute Gasteiger partial charge is 0.450 e. The Morgan fingerprint density at radius 3 is 2.27 bits per heavy atom. The molecular formula is C12H25NO2. The van der Waals surface area contributed by atoms with Crippen LogP contribution in [0.2, 0.25) is 0 Å². The van der Waals surface area contributed by atoms with Crippen LogP contribution in [-0.2, 0) is 4.74 Å². The van der Waals surface area contributed by atoms with Crippen molar-refractivity contribution < 1.29 is 9.53 Å². The third-order valence-electron chi connectivity index (χ3n) is 1.96. The summed E-state index contributed by atoms with van der Waals surface area (Å²) in [5.41, 5.74) is -0.209. The number of alkyl carbamates (subject to hydrolysis) is 1. The van der Waals surface area contributed by atoms with Crippen LogP contribution in [0.3, 0.4) is 0 Å². The number of hydrogen-bond acceptors (Lipinski definition) is 2. The molecule has 0 aliphatic carbocycles. The van der Waals surface area contributed by atoms with Crippen LogP contribution < -0.4 is 5.32 Å². The lowest BCUT2D eigenvalue weighted by molar-refractivity contribution is 0.135. The van der Waals surface area contributed by atoms with Gasteiger partial charge in [0.2, 0.25) is 0 Å². The van der Waals surface area contributed by atoms with Gasteiger partial charge in [0.25, 0.3) is 0 Å². The summed E-state index contributed by atoms with van der Waals surface area (Å²) < 4.78 is 5.05. The lowest BCUT2D eigenvalue weighted by Crippen LogP contribution is -2.41. The topological polar surface area (TPSA) is 38.3 Å². The quantitative estimate of drug-likeness (QED) is 0.689. The van der Waals surface area contributed by atoms with Gasteiger partial charge in [0.1, 0.15) is 0 Å². The van der Waals surface area contributed by atoms with Gasteiger partial charge in [-0.05, 0) is 27.2 Å². The number of rotatable bonds is 6. The Hall–Kier alpha value is -0.730. The van der Waals surface area contributed by atoms with Crippen molar-refractivity contribution in [1.82, 2.24) is 5.32 Å². The molecule has 1 amide bonds. The van der Waals surface area contributed by atoms with Gasteiger partial charge in [-0.15, -0.1) is 0 Å². The minimum Gasteiger partial charge on any atom is -0.450 e. The summed E-state index contributed by atoms with van der Waals surface area (Å²) in [4.78, 5) is 11.2. The molecule has 0 aliphatic heterocycles. The first-order valence-corrected chi connectivity index (χ1v) is 5.90. The highest BCUT2D eigenvalue weighted by atomic mass is 16.5. The summed E-state index contributed by atoms with van der Waals surface area (Å²) in [5, 5.41) is 2.76. The number of nitrogens with one attached hydrogen (secondary N) is 1. The molecule has 1 N–H and O–H groups in total. The smallest absolute Gasteiger partial charge is 0.407 e. The predicted molar refractivity (Wildman–Crippen MR) is 63.0 cm³/mol. The SMILES string of the molecule is CCCCCCCOC(=O)NC(C)(C)C. The van der Waals surface area contributed by atoms with Crippen molar-refractivity contribution in [3.63, 3.8) is 0 Å². The fraction of sp³-hybridized carbons (Fsp3) is 0.917. The van der Waals surface area contributed by atoms with Crippen molar-refractivity contribution in [1.29, 1.82) is 0 Å². The van der Waals surface area contributed by atoms with E-state index in [-0.39, 0.29) is 11.6 Å². The molecule has 0 radical (unpaired) electrons. The second-order valence-electron chi connectivity index (χ2n) is 4.93. The maximum atomic E-state index is 11.2. The summed E-state index contributed by atoms with van der Waals surface area (Å²) in [5.74, 6) is 0. The molecule has 3 nitrogen and oxygen atoms in total. The number of amides is 1. The fourth-order valence-corrected chi connectivity index (χ4v) is 1.21. The van der Waals surface area contributed by atoms with E-state index in [1.807, 2.05) is 20.8 Å². The van der Waals surface area contributed by atoms with Crippen LogP contribution in [-0.4, -0.2) is 18.2 Å². The van der Waals surface area contributed by atoms with Gasteiger partial charge < -0.3 is 10.1 Å². The summed E-state index contributed by atoms with van der Waals surface area (Å²) in [6.45, 7) is 8.54. The monoisotopic (exact) mass is 215 g/mol. The predicted octanol–water partition coefficient (Wildman–Crippen LogP) is 3.48. The molecule has 0 bridgehead atoms. The fourth-order valence-electron chi connectivity index (χ4n) is 1.21. The van der Waals surface area contributed by atoms with Gasteiger partial charge in [0.05, 0.1) is 6.61 Å². The third-order valence-corrected chi connectivity index (χ3v) is 1.96. The lowest BCUT2D eigenvalue weighted by atomic mass is 10.1. The van der Waals surface area contributed by atoms with E-state index >= 15 is 0 Å². The van der Waals surface area contributed by atoms with Crippen LogP contribution in [0.1, 0.15) is 59.8 Å². The first kappa shape index (κ1) is 14.3. The molecule has 0 spiro atoms. The molecule has 0 unspecified atom stereocenters. The van der Waals surface area contributed by atoms with Gasteiger partial charge in [0.15, 0.2) is 0 Å². The Morgan fingerprint density at radius 2 is 1.73 bits per heavy atom. The lowest BCUT2D eigenvalue weighted by Gasteiger charge is -2.19. The summed E-state index contributed by atoms with van der Waals surface area (Å²) >= 11 is 0. The van der Waals surface area contributed by atoms with E-state index in [1.165, 1.54) is 19.3 Å². The molecule has 0 rings (SSSR count). The Labute approximate surface area is 93.6 Å². The number of carbonyl (C=O) groups is 1. The van der Waals surface area contributed by atoms with Crippen LogP contribution in [0.25, 0.3) is 0 Å². The zero-order valence-electron chi connectivity index (χ0n) is 10.6. The van der Waals surface area contributed by atoms with Gasteiger partial charge in [-0.3, -0.25) is 0 Å². The van der Waals surface area contributed by atoms with E-state index in [1.54, 1.807) is 0 Å². The highest BCUT2D eigenvalue weighted by Gasteiger charge is 2.13. The molecule has 0 atom stereocenters. The maximum absolute atomic E-state index is 11.2. The number of ether oxygens (including phenoxy) is 1. The second kappa shape index (κ2) is 7.55. The molecule has 0 saturated heterocycles. The second-order valence-corrected chi connectivity index (χ2v) is 4.93. The maximum Gasteiger partial charge on any atom is 0.407 e. The van der Waals surface area contributed by atoms with Crippen molar-refractivity contribution in [2.45, 2.75) is 65.3 Å². The van der Waals surface area contributed by atoms with Crippen LogP contribution in [0.5, 0.6) is 0 Å². The summed E-state index contributed by atoms with van der Waals surface area (Å²) in [6.07, 6.45) is 5.56. The Balaban J connectivity index is 3.32. The van der Waals surface area contributed by atoms with E-state index in [0.717, 1.165) is 12.8 Å². The highest BCUT2D eigenvalue weighted by Crippen LogP contribution is 2.03. The number of carbonyl (C=O) groups excluding carboxylic acids is 1. The molecule has 3 heteroatoms. The van der Waals surface area contributed by atoms with Gasteiger partial charge >= 0.3 is 6.09 Å². The van der Waals surface area contributed by atoms with Crippen molar-refractivity contribution in [3.05, 3.63) is 0 Å². The Morgan fingerprint density at radius 1 is 1.13 bits per heavy atom. The van der Waals surface area contributed by atoms with E-state index in [4.69, 9.17) is 4.74 Å². The molecule has 15 heavy (non-hydrogen) atoms. The van der Waals surface area contributed by atoms with Crippen LogP contribution >= 0.6 is 0 Å². The van der Waals surface area contributed by atoms with Crippen molar-refractivity contribution in [3.8, 4) is 0 Å². The van der Waals surface area contributed by atoms with Gasteiger partial charge in [-0.2, -0.15) is 0 Å². The normalized spacial score (nSPS) is 11.2. The van der Waals surface area contributed by atoms with Crippen LogP contribution in [0.4, 0.5) is 4.79 Å². The van der Waals surface area contributed by atoms with E-state index < -0.39 is 0 Å². The van der Waals surface area contributed by atoms with Gasteiger partial charge in [-0.1, -0.05) is 32.6 Å². The Kier molecular flexibility index (Phi) is 7.18. The standard InChI is InChI=1S/C12H25NO2/c1-5-6-7-8-9-10-15-11(14)13-12(2,3)4/h5-10H2,1-4H3,(H,13,14). The van der Waals surface area contributed by atoms with Gasteiger partial charge in [-0.25, -0.2) is 4.79 Å². The van der Waals surface area contributed by atoms with Crippen molar-refractivity contribution >= 4 is 6.09 Å². The first-order valence-electron chi connectivity index (χ1n) is 5.90. The number of hydrogen-bond donors (Lipinski definition) is 1. The molecule has 0 aromatic rings. The zero-order chi connectivity index (χ0) is 11.7. The minimum absolute atomic E-state index is 0.209. The first-order chi connectivity index (χ1) is 6.95. The highest BCUT2D eigenvalue weighted by molar-refractivity contribution is 5.67. The van der Waals surface area contributed by atoms with Crippen LogP contribution in [0.15, 0.2) is 0 Å². The Bertz CT molecular complexity index is 173. The summed E-state index contributed by atoms with van der Waals surface area (Å²) in [7, 11) is 0. The molecule has 0 saturated carbocycles. The molecule has 0 aliphatic rings. The molecular weight excluding hydrogens is 190 g/mol. The van der Waals surface area contributed by atoms with E-state index in [2.05, 4.69) is 12.2 Å². The van der Waals surface area contributed by atoms with Crippen molar-refractivity contribution in [2.75, 3.05) is 6.61 Å². The average Bonchev–Trinajstić information content (AvgIpc) is 2.08. The minimum atomic E-state index is -0.307. The zero-order valence-corrected chi connectivity index (χ0v) is 10.6. The van der Waals surface area contributed by atoms with Crippen LogP contribution in [0, 0.1) is 0 Å². The number of unbranched alkanes of at least 4 members (excludes halogenated alkanes) is 4. The summed E-state index contributed by atoms with van der Waals surface area (Å²) in [6, 6.07) is 0. The van der Waals surface area contributed by atoms with Crippen molar-refractivity contribution in [2.24, 2.45) is 0 Å². The van der Waals surface area contributed by atoms with Gasteiger partial charge in [0, 0.05) is 5.54 Å².